The Balaban J connectivity index is 2.19. The summed E-state index contributed by atoms with van der Waals surface area (Å²) >= 11 is 7.54. The lowest BCUT2D eigenvalue weighted by molar-refractivity contribution is 1.14. The molecule has 2 aromatic rings. The first-order valence-corrected chi connectivity index (χ1v) is 5.23. The van der Waals surface area contributed by atoms with Gasteiger partial charge in [0.05, 0.1) is 5.01 Å². The molecule has 1 aromatic heterocycles. The van der Waals surface area contributed by atoms with Gasteiger partial charge in [-0.15, -0.1) is 11.3 Å². The molecule has 0 unspecified atom stereocenters. The van der Waals surface area contributed by atoms with Crippen LogP contribution in [0.4, 0.5) is 0 Å². The maximum atomic E-state index is 5.87. The molecule has 1 aromatic carbocycles. The predicted octanol–water partition coefficient (Wildman–Crippen LogP) is 3.39. The van der Waals surface area contributed by atoms with Crippen molar-refractivity contribution in [2.45, 2.75) is 6.42 Å². The minimum absolute atomic E-state index is 0.786. The van der Waals surface area contributed by atoms with E-state index in [0.717, 1.165) is 16.5 Å². The number of benzene rings is 1. The quantitative estimate of drug-likeness (QED) is 0.739. The Bertz CT molecular complexity index is 384. The first kappa shape index (κ1) is 8.73. The van der Waals surface area contributed by atoms with Crippen LogP contribution in [-0.2, 0) is 6.42 Å². The lowest BCUT2D eigenvalue weighted by Crippen LogP contribution is -1.85. The summed E-state index contributed by atoms with van der Waals surface area (Å²) in [6.45, 7) is 0. The molecule has 0 aliphatic heterocycles. The van der Waals surface area contributed by atoms with Gasteiger partial charge in [0, 0.05) is 23.0 Å². The van der Waals surface area contributed by atoms with Crippen molar-refractivity contribution in [2.75, 3.05) is 0 Å². The standard InChI is InChI=1S/C10H8ClNS/c11-9-3-1-2-8(6-9)7-10-12-4-5-13-10/h1-6H,7H2. The lowest BCUT2D eigenvalue weighted by atomic mass is 10.2. The Kier molecular flexibility index (Phi) is 2.62. The van der Waals surface area contributed by atoms with E-state index >= 15 is 0 Å². The average molecular weight is 210 g/mol. The lowest BCUT2D eigenvalue weighted by Gasteiger charge is -1.97. The van der Waals surface area contributed by atoms with Gasteiger partial charge in [-0.3, -0.25) is 0 Å². The van der Waals surface area contributed by atoms with Crippen molar-refractivity contribution >= 4 is 22.9 Å². The highest BCUT2D eigenvalue weighted by molar-refractivity contribution is 7.09. The highest BCUT2D eigenvalue weighted by Crippen LogP contribution is 2.15. The second-order valence-electron chi connectivity index (χ2n) is 2.73. The molecule has 0 saturated carbocycles. The second-order valence-corrected chi connectivity index (χ2v) is 4.15. The van der Waals surface area contributed by atoms with Crippen molar-refractivity contribution in [2.24, 2.45) is 0 Å². The summed E-state index contributed by atoms with van der Waals surface area (Å²) in [5.41, 5.74) is 1.21. The minimum atomic E-state index is 0.786. The number of nitrogens with zero attached hydrogens (tertiary/aromatic N) is 1. The van der Waals surface area contributed by atoms with Gasteiger partial charge in [0.25, 0.3) is 0 Å². The molecule has 0 atom stereocenters. The summed E-state index contributed by atoms with van der Waals surface area (Å²) in [4.78, 5) is 4.22. The first-order chi connectivity index (χ1) is 6.34. The van der Waals surface area contributed by atoms with Crippen LogP contribution in [0, 0.1) is 0 Å². The molecule has 1 heterocycles. The molecule has 0 aliphatic rings. The van der Waals surface area contributed by atoms with E-state index in [1.807, 2.05) is 29.8 Å². The Hall–Kier alpha value is -0.860. The zero-order valence-corrected chi connectivity index (χ0v) is 8.48. The van der Waals surface area contributed by atoms with Crippen molar-refractivity contribution in [1.29, 1.82) is 0 Å². The highest BCUT2D eigenvalue weighted by Gasteiger charge is 1.98. The smallest absolute Gasteiger partial charge is 0.0968 e. The van der Waals surface area contributed by atoms with Crippen molar-refractivity contribution in [3.05, 3.63) is 51.4 Å². The zero-order chi connectivity index (χ0) is 9.10. The Morgan fingerprint density at radius 2 is 2.31 bits per heavy atom. The van der Waals surface area contributed by atoms with Crippen LogP contribution in [-0.4, -0.2) is 4.98 Å². The van der Waals surface area contributed by atoms with Gasteiger partial charge in [-0.2, -0.15) is 0 Å². The molecule has 13 heavy (non-hydrogen) atoms. The van der Waals surface area contributed by atoms with Crippen LogP contribution in [0.5, 0.6) is 0 Å². The van der Waals surface area contributed by atoms with Crippen LogP contribution < -0.4 is 0 Å². The molecule has 0 amide bonds. The minimum Gasteiger partial charge on any atom is -0.249 e. The molecule has 66 valence electrons. The second kappa shape index (κ2) is 3.90. The van der Waals surface area contributed by atoms with E-state index in [0.29, 0.717) is 0 Å². The normalized spacial score (nSPS) is 10.2. The molecule has 0 bridgehead atoms. The largest absolute Gasteiger partial charge is 0.249 e. The number of hydrogen-bond acceptors (Lipinski definition) is 2. The molecule has 0 N–H and O–H groups in total. The van der Waals surface area contributed by atoms with Gasteiger partial charge in [0.2, 0.25) is 0 Å². The Morgan fingerprint density at radius 1 is 1.38 bits per heavy atom. The summed E-state index contributed by atoms with van der Waals surface area (Å²) in [6, 6.07) is 7.88. The SMILES string of the molecule is Clc1cccc(Cc2nccs2)c1. The predicted molar refractivity (Wildman–Crippen MR) is 56.4 cm³/mol. The van der Waals surface area contributed by atoms with Crippen LogP contribution in [0.25, 0.3) is 0 Å². The van der Waals surface area contributed by atoms with Gasteiger partial charge >= 0.3 is 0 Å². The van der Waals surface area contributed by atoms with E-state index in [4.69, 9.17) is 11.6 Å². The van der Waals surface area contributed by atoms with Gasteiger partial charge in [-0.1, -0.05) is 23.7 Å². The van der Waals surface area contributed by atoms with Crippen LogP contribution in [0.1, 0.15) is 10.6 Å². The summed E-state index contributed by atoms with van der Waals surface area (Å²) in [7, 11) is 0. The Morgan fingerprint density at radius 3 is 3.00 bits per heavy atom. The van der Waals surface area contributed by atoms with Crippen molar-refractivity contribution in [3.63, 3.8) is 0 Å². The van der Waals surface area contributed by atoms with E-state index in [-0.39, 0.29) is 0 Å². The molecule has 0 saturated heterocycles. The zero-order valence-electron chi connectivity index (χ0n) is 6.90. The number of thiazole rings is 1. The fraction of sp³-hybridized carbons (Fsp3) is 0.100. The molecular weight excluding hydrogens is 202 g/mol. The van der Waals surface area contributed by atoms with E-state index in [1.165, 1.54) is 5.56 Å². The van der Waals surface area contributed by atoms with Crippen LogP contribution in [0.2, 0.25) is 5.02 Å². The average Bonchev–Trinajstić information content (AvgIpc) is 2.57. The van der Waals surface area contributed by atoms with E-state index in [1.54, 1.807) is 11.3 Å². The van der Waals surface area contributed by atoms with E-state index < -0.39 is 0 Å². The van der Waals surface area contributed by atoms with Crippen molar-refractivity contribution in [1.82, 2.24) is 4.98 Å². The summed E-state index contributed by atoms with van der Waals surface area (Å²) in [5, 5.41) is 3.90. The monoisotopic (exact) mass is 209 g/mol. The molecule has 0 fully saturated rings. The molecule has 3 heteroatoms. The van der Waals surface area contributed by atoms with E-state index in [2.05, 4.69) is 11.1 Å². The van der Waals surface area contributed by atoms with Crippen LogP contribution in [0.15, 0.2) is 35.8 Å². The third-order valence-electron chi connectivity index (χ3n) is 1.73. The molecular formula is C10H8ClNS. The highest BCUT2D eigenvalue weighted by atomic mass is 35.5. The maximum absolute atomic E-state index is 5.87. The molecule has 0 radical (unpaired) electrons. The molecule has 0 spiro atoms. The van der Waals surface area contributed by atoms with Crippen molar-refractivity contribution in [3.8, 4) is 0 Å². The maximum Gasteiger partial charge on any atom is 0.0968 e. The van der Waals surface area contributed by atoms with Gasteiger partial charge < -0.3 is 0 Å². The first-order valence-electron chi connectivity index (χ1n) is 3.97. The number of hydrogen-bond donors (Lipinski definition) is 0. The molecule has 2 rings (SSSR count). The van der Waals surface area contributed by atoms with Crippen LogP contribution >= 0.6 is 22.9 Å². The van der Waals surface area contributed by atoms with Gasteiger partial charge in [0.1, 0.15) is 0 Å². The van der Waals surface area contributed by atoms with E-state index in [9.17, 15) is 0 Å². The Labute approximate surface area is 86.0 Å². The third kappa shape index (κ3) is 2.29. The van der Waals surface area contributed by atoms with Crippen molar-refractivity contribution < 1.29 is 0 Å². The number of rotatable bonds is 2. The number of aromatic nitrogens is 1. The summed E-state index contributed by atoms with van der Waals surface area (Å²) < 4.78 is 0. The third-order valence-corrected chi connectivity index (χ3v) is 2.74. The van der Waals surface area contributed by atoms with Gasteiger partial charge in [-0.05, 0) is 17.7 Å². The summed E-state index contributed by atoms with van der Waals surface area (Å²) in [6.07, 6.45) is 2.70. The number of halogens is 1. The fourth-order valence-corrected chi connectivity index (χ4v) is 2.03. The van der Waals surface area contributed by atoms with Crippen LogP contribution in [0.3, 0.4) is 0 Å². The van der Waals surface area contributed by atoms with Gasteiger partial charge in [-0.25, -0.2) is 4.98 Å². The summed E-state index contributed by atoms with van der Waals surface area (Å²) in [5.74, 6) is 0. The molecule has 1 nitrogen and oxygen atoms in total. The molecule has 0 aliphatic carbocycles. The topological polar surface area (TPSA) is 12.9 Å². The van der Waals surface area contributed by atoms with Gasteiger partial charge in [0.15, 0.2) is 0 Å². The fourth-order valence-electron chi connectivity index (χ4n) is 1.16.